The third kappa shape index (κ3) is 3.19. The Labute approximate surface area is 161 Å². The smallest absolute Gasteiger partial charge is 0.273 e. The first-order chi connectivity index (χ1) is 13.6. The van der Waals surface area contributed by atoms with Crippen LogP contribution in [0.3, 0.4) is 0 Å². The van der Waals surface area contributed by atoms with Crippen LogP contribution in [0.5, 0.6) is 0 Å². The third-order valence-electron chi connectivity index (χ3n) is 5.43. The van der Waals surface area contributed by atoms with Gasteiger partial charge in [-0.3, -0.25) is 15.0 Å². The van der Waals surface area contributed by atoms with E-state index in [9.17, 15) is 14.0 Å². The second kappa shape index (κ2) is 6.55. The third-order valence-corrected chi connectivity index (χ3v) is 5.43. The molecule has 1 amide bonds. The van der Waals surface area contributed by atoms with Gasteiger partial charge < -0.3 is 0 Å². The van der Waals surface area contributed by atoms with Crippen molar-refractivity contribution in [3.8, 4) is 0 Å². The molecule has 0 saturated heterocycles. The van der Waals surface area contributed by atoms with Crippen molar-refractivity contribution < 1.29 is 9.18 Å². The number of fused-ring (bicyclic) bond motifs is 1. The Bertz CT molecular complexity index is 1130. The molecule has 3 aromatic rings. The molecule has 28 heavy (non-hydrogen) atoms. The predicted molar refractivity (Wildman–Crippen MR) is 104 cm³/mol. The Morgan fingerprint density at radius 2 is 1.79 bits per heavy atom. The summed E-state index contributed by atoms with van der Waals surface area (Å²) in [6, 6.07) is 11.5. The molecule has 2 aliphatic carbocycles. The van der Waals surface area contributed by atoms with Crippen LogP contribution >= 0.6 is 0 Å². The lowest BCUT2D eigenvalue weighted by Crippen LogP contribution is -2.37. The van der Waals surface area contributed by atoms with Crippen LogP contribution in [-0.4, -0.2) is 15.6 Å². The minimum atomic E-state index is -0.346. The Morgan fingerprint density at radius 3 is 2.46 bits per heavy atom. The summed E-state index contributed by atoms with van der Waals surface area (Å²) in [6.07, 6.45) is 4.28. The lowest BCUT2D eigenvalue weighted by atomic mass is 10.1. The second-order valence-corrected chi connectivity index (χ2v) is 7.74. The summed E-state index contributed by atoms with van der Waals surface area (Å²) in [7, 11) is 0. The molecule has 0 bridgehead atoms. The highest BCUT2D eigenvalue weighted by atomic mass is 19.1. The van der Waals surface area contributed by atoms with Gasteiger partial charge in [0.05, 0.1) is 17.3 Å². The van der Waals surface area contributed by atoms with Gasteiger partial charge in [-0.25, -0.2) is 14.1 Å². The van der Waals surface area contributed by atoms with E-state index in [1.165, 1.54) is 16.8 Å². The van der Waals surface area contributed by atoms with Crippen molar-refractivity contribution >= 4 is 16.8 Å². The normalized spacial score (nSPS) is 16.3. The average molecular weight is 377 g/mol. The molecule has 1 N–H and O–H groups in total. The van der Waals surface area contributed by atoms with Crippen LogP contribution in [0, 0.1) is 5.82 Å². The average Bonchev–Trinajstić information content (AvgIpc) is 3.58. The van der Waals surface area contributed by atoms with Gasteiger partial charge in [0, 0.05) is 5.92 Å². The fraction of sp³-hybridized carbons (Fsp3) is 0.318. The summed E-state index contributed by atoms with van der Waals surface area (Å²) < 4.78 is 14.4. The molecule has 0 unspecified atom stereocenters. The number of para-hydroxylation sites is 1. The lowest BCUT2D eigenvalue weighted by Gasteiger charge is -2.15. The van der Waals surface area contributed by atoms with Gasteiger partial charge in [0.15, 0.2) is 0 Å². The number of hydrogen-bond acceptors (Lipinski definition) is 3. The van der Waals surface area contributed by atoms with Crippen molar-refractivity contribution in [2.75, 3.05) is 5.43 Å². The molecule has 6 heteroatoms. The van der Waals surface area contributed by atoms with Gasteiger partial charge in [-0.1, -0.05) is 24.3 Å². The van der Waals surface area contributed by atoms with Gasteiger partial charge in [0.2, 0.25) is 5.91 Å². The van der Waals surface area contributed by atoms with Gasteiger partial charge in [-0.15, -0.1) is 0 Å². The van der Waals surface area contributed by atoms with Crippen LogP contribution in [0.4, 0.5) is 4.39 Å². The Balaban J connectivity index is 1.52. The first kappa shape index (κ1) is 17.1. The van der Waals surface area contributed by atoms with E-state index in [0.29, 0.717) is 22.7 Å². The monoisotopic (exact) mass is 377 g/mol. The Morgan fingerprint density at radius 1 is 1.07 bits per heavy atom. The van der Waals surface area contributed by atoms with Crippen LogP contribution in [0.15, 0.2) is 47.3 Å². The molecule has 2 saturated carbocycles. The lowest BCUT2D eigenvalue weighted by molar-refractivity contribution is -0.116. The van der Waals surface area contributed by atoms with Crippen LogP contribution < -0.4 is 11.0 Å². The second-order valence-electron chi connectivity index (χ2n) is 7.74. The molecule has 0 atom stereocenters. The Hall–Kier alpha value is -3.02. The van der Waals surface area contributed by atoms with Gasteiger partial charge in [0.25, 0.3) is 5.56 Å². The summed E-state index contributed by atoms with van der Waals surface area (Å²) in [5.74, 6) is 0.664. The summed E-state index contributed by atoms with van der Waals surface area (Å²) in [5.41, 5.74) is 5.10. The van der Waals surface area contributed by atoms with Gasteiger partial charge in [-0.2, -0.15) is 0 Å². The first-order valence-corrected chi connectivity index (χ1v) is 9.70. The van der Waals surface area contributed by atoms with E-state index in [0.717, 1.165) is 36.8 Å². The fourth-order valence-electron chi connectivity index (χ4n) is 3.65. The van der Waals surface area contributed by atoms with Crippen molar-refractivity contribution in [3.05, 3.63) is 75.6 Å². The topological polar surface area (TPSA) is 64.0 Å². The number of nitrogens with zero attached hydrogens (tertiary/aromatic N) is 2. The van der Waals surface area contributed by atoms with Crippen LogP contribution in [0.2, 0.25) is 0 Å². The summed E-state index contributed by atoms with van der Waals surface area (Å²) in [4.78, 5) is 30.5. The van der Waals surface area contributed by atoms with Gasteiger partial charge >= 0.3 is 0 Å². The number of halogens is 1. The SMILES string of the molecule is O=C(Cc1ccc(F)cc1)Nn1c(C2CC2)nc2c(C3CC3)cccc2c1=O. The van der Waals surface area contributed by atoms with E-state index in [1.807, 2.05) is 6.07 Å². The molecular formula is C22H20FN3O2. The van der Waals surface area contributed by atoms with E-state index in [2.05, 4.69) is 11.5 Å². The molecule has 5 rings (SSSR count). The van der Waals surface area contributed by atoms with Crippen LogP contribution in [0.1, 0.15) is 54.5 Å². The van der Waals surface area contributed by atoms with E-state index < -0.39 is 0 Å². The van der Waals surface area contributed by atoms with E-state index in [-0.39, 0.29) is 29.6 Å². The quantitative estimate of drug-likeness (QED) is 0.739. The highest BCUT2D eigenvalue weighted by Gasteiger charge is 2.32. The fourth-order valence-corrected chi connectivity index (χ4v) is 3.65. The molecule has 2 aliphatic rings. The molecule has 1 aromatic heterocycles. The minimum absolute atomic E-state index is 0.0664. The van der Waals surface area contributed by atoms with Crippen molar-refractivity contribution in [2.24, 2.45) is 0 Å². The molecule has 5 nitrogen and oxygen atoms in total. The molecule has 1 heterocycles. The van der Waals surface area contributed by atoms with Crippen molar-refractivity contribution in [1.29, 1.82) is 0 Å². The standard InChI is InChI=1S/C22H20FN3O2/c23-16-10-4-13(5-11-16)12-19(27)25-26-21(15-8-9-15)24-20-17(14-6-7-14)2-1-3-18(20)22(26)28/h1-5,10-11,14-15H,6-9,12H2,(H,25,27). The van der Waals surface area contributed by atoms with E-state index >= 15 is 0 Å². The maximum absolute atomic E-state index is 13.2. The minimum Gasteiger partial charge on any atom is -0.273 e. The van der Waals surface area contributed by atoms with E-state index in [1.54, 1.807) is 18.2 Å². The molecule has 0 radical (unpaired) electrons. The predicted octanol–water partition coefficient (Wildman–Crippen LogP) is 3.60. The maximum Gasteiger partial charge on any atom is 0.280 e. The summed E-state index contributed by atoms with van der Waals surface area (Å²) >= 11 is 0. The number of carbonyl (C=O) groups is 1. The first-order valence-electron chi connectivity index (χ1n) is 9.70. The number of amides is 1. The zero-order chi connectivity index (χ0) is 19.3. The van der Waals surface area contributed by atoms with Gasteiger partial charge in [-0.05, 0) is 60.9 Å². The zero-order valence-electron chi connectivity index (χ0n) is 15.3. The van der Waals surface area contributed by atoms with Crippen LogP contribution in [-0.2, 0) is 11.2 Å². The maximum atomic E-state index is 13.2. The number of carbonyl (C=O) groups excluding carboxylic acids is 1. The number of benzene rings is 2. The molecule has 2 aromatic carbocycles. The molecular weight excluding hydrogens is 357 g/mol. The van der Waals surface area contributed by atoms with Crippen molar-refractivity contribution in [2.45, 2.75) is 43.9 Å². The molecule has 2 fully saturated rings. The highest BCUT2D eigenvalue weighted by molar-refractivity contribution is 5.87. The van der Waals surface area contributed by atoms with Crippen LogP contribution in [0.25, 0.3) is 10.9 Å². The van der Waals surface area contributed by atoms with E-state index in [4.69, 9.17) is 4.98 Å². The molecule has 142 valence electrons. The summed E-state index contributed by atoms with van der Waals surface area (Å²) in [5, 5.41) is 0.538. The largest absolute Gasteiger partial charge is 0.280 e. The molecule has 0 spiro atoms. The molecule has 0 aliphatic heterocycles. The number of rotatable bonds is 5. The Kier molecular flexibility index (Phi) is 4.00. The summed E-state index contributed by atoms with van der Waals surface area (Å²) in [6.45, 7) is 0. The van der Waals surface area contributed by atoms with Crippen molar-refractivity contribution in [3.63, 3.8) is 0 Å². The van der Waals surface area contributed by atoms with Gasteiger partial charge in [0.1, 0.15) is 11.6 Å². The van der Waals surface area contributed by atoms with Crippen molar-refractivity contribution in [1.82, 2.24) is 9.66 Å². The number of nitrogens with one attached hydrogen (secondary N) is 1. The zero-order valence-corrected chi connectivity index (χ0v) is 15.3. The highest BCUT2D eigenvalue weighted by Crippen LogP contribution is 2.43. The number of aromatic nitrogens is 2. The number of hydrogen-bond donors (Lipinski definition) is 1.